The Bertz CT molecular complexity index is 376. The van der Waals surface area contributed by atoms with Crippen molar-refractivity contribution >= 4 is 23.5 Å². The van der Waals surface area contributed by atoms with Gasteiger partial charge < -0.3 is 5.21 Å². The molecule has 1 heterocycles. The Kier molecular flexibility index (Phi) is 4.04. The van der Waals surface area contributed by atoms with Crippen molar-refractivity contribution in [2.45, 2.75) is 18.9 Å². The normalized spacial score (nSPS) is 9.79. The van der Waals surface area contributed by atoms with Gasteiger partial charge in [0, 0.05) is 6.92 Å². The van der Waals surface area contributed by atoms with Crippen LogP contribution in [0.3, 0.4) is 0 Å². The van der Waals surface area contributed by atoms with Gasteiger partial charge in [0.1, 0.15) is 11.1 Å². The monoisotopic (exact) mass is 227 g/mol. The first kappa shape index (κ1) is 11.1. The molecule has 1 aromatic heterocycles. The first-order valence-electron chi connectivity index (χ1n) is 3.86. The molecule has 0 atom stereocenters. The van der Waals surface area contributed by atoms with Gasteiger partial charge in [-0.25, -0.2) is 4.98 Å². The fraction of sp³-hybridized carbons (Fsp3) is 0.375. The van der Waals surface area contributed by atoms with Gasteiger partial charge in [0.15, 0.2) is 5.03 Å². The maximum Gasteiger partial charge on any atom is 0.221 e. The molecule has 4 nitrogen and oxygen atoms in total. The van der Waals surface area contributed by atoms with Crippen molar-refractivity contribution in [3.05, 3.63) is 22.8 Å². The highest BCUT2D eigenvalue weighted by Crippen LogP contribution is 2.21. The minimum atomic E-state index is 0.583. The molecule has 0 aliphatic carbocycles. The van der Waals surface area contributed by atoms with E-state index in [-0.39, 0.29) is 0 Å². The zero-order valence-electron chi connectivity index (χ0n) is 7.85. The van der Waals surface area contributed by atoms with E-state index in [1.165, 1.54) is 18.0 Å². The third-order valence-corrected chi connectivity index (χ3v) is 3.27. The van der Waals surface area contributed by atoms with Crippen LogP contribution in [0.4, 0.5) is 0 Å². The molecule has 0 unspecified atom stereocenters. The molecule has 0 aromatic carbocycles. The summed E-state index contributed by atoms with van der Waals surface area (Å²) in [5, 5.41) is 22.9. The molecule has 6 heteroatoms. The lowest BCUT2D eigenvalue weighted by Crippen LogP contribution is -2.31. The molecule has 1 rings (SSSR count). The van der Waals surface area contributed by atoms with Crippen LogP contribution in [0.15, 0.2) is 11.2 Å². The lowest BCUT2D eigenvalue weighted by molar-refractivity contribution is -0.615. The highest BCUT2D eigenvalue weighted by molar-refractivity contribution is 8.18. The van der Waals surface area contributed by atoms with Crippen LogP contribution in [-0.2, 0) is 0 Å². The van der Waals surface area contributed by atoms with Gasteiger partial charge in [-0.15, -0.1) is 0 Å². The molecule has 0 amide bonds. The second-order valence-corrected chi connectivity index (χ2v) is 4.69. The van der Waals surface area contributed by atoms with Crippen LogP contribution < -0.4 is 4.73 Å². The predicted octanol–water partition coefficient (Wildman–Crippen LogP) is 1.60. The van der Waals surface area contributed by atoms with E-state index in [0.717, 1.165) is 16.5 Å². The Morgan fingerprint density at radius 1 is 1.64 bits per heavy atom. The lowest BCUT2D eigenvalue weighted by atomic mass is 10.4. The predicted molar refractivity (Wildman–Crippen MR) is 56.6 cm³/mol. The Morgan fingerprint density at radius 3 is 3.00 bits per heavy atom. The SMILES string of the molecule is Cc1c[n+]([O-])c(C)c(SCSC#N)n1. The largest absolute Gasteiger partial charge is 0.618 e. The first-order valence-corrected chi connectivity index (χ1v) is 5.83. The number of nitriles is 1. The highest BCUT2D eigenvalue weighted by atomic mass is 32.2. The second kappa shape index (κ2) is 5.08. The van der Waals surface area contributed by atoms with Crippen LogP contribution in [-0.4, -0.2) is 10.1 Å². The van der Waals surface area contributed by atoms with Gasteiger partial charge in [0.2, 0.25) is 11.9 Å². The number of hydrogen-bond donors (Lipinski definition) is 0. The maximum absolute atomic E-state index is 11.3. The van der Waals surface area contributed by atoms with E-state index >= 15 is 0 Å². The van der Waals surface area contributed by atoms with Crippen molar-refractivity contribution < 1.29 is 4.73 Å². The van der Waals surface area contributed by atoms with Gasteiger partial charge in [-0.05, 0) is 18.7 Å². The molecule has 0 saturated carbocycles. The molecule has 0 bridgehead atoms. The number of aromatic nitrogens is 2. The van der Waals surface area contributed by atoms with Crippen LogP contribution in [0.1, 0.15) is 11.4 Å². The van der Waals surface area contributed by atoms with Crippen LogP contribution in [0.2, 0.25) is 0 Å². The average Bonchev–Trinajstić information content (AvgIpc) is 2.13. The molecule has 1 aromatic rings. The van der Waals surface area contributed by atoms with Crippen LogP contribution in [0, 0.1) is 29.7 Å². The third kappa shape index (κ3) is 2.79. The van der Waals surface area contributed by atoms with E-state index in [1.807, 2.05) is 5.40 Å². The Morgan fingerprint density at radius 2 is 2.36 bits per heavy atom. The van der Waals surface area contributed by atoms with Gasteiger partial charge in [-0.3, -0.25) is 0 Å². The van der Waals surface area contributed by atoms with E-state index in [9.17, 15) is 5.21 Å². The quantitative estimate of drug-likeness (QED) is 0.196. The Labute approximate surface area is 90.9 Å². The van der Waals surface area contributed by atoms with E-state index < -0.39 is 0 Å². The van der Waals surface area contributed by atoms with Crippen LogP contribution in [0.5, 0.6) is 0 Å². The summed E-state index contributed by atoms with van der Waals surface area (Å²) in [7, 11) is 0. The van der Waals surface area contributed by atoms with Crippen molar-refractivity contribution in [3.8, 4) is 5.40 Å². The van der Waals surface area contributed by atoms with Crippen molar-refractivity contribution in [1.29, 1.82) is 5.26 Å². The number of rotatable bonds is 3. The molecule has 74 valence electrons. The number of thiocyanates is 1. The minimum absolute atomic E-state index is 0.583. The second-order valence-electron chi connectivity index (χ2n) is 2.60. The number of nitrogens with zero attached hydrogens (tertiary/aromatic N) is 3. The minimum Gasteiger partial charge on any atom is -0.618 e. The van der Waals surface area contributed by atoms with Crippen LogP contribution >= 0.6 is 23.5 Å². The summed E-state index contributed by atoms with van der Waals surface area (Å²) in [4.78, 5) is 4.22. The fourth-order valence-corrected chi connectivity index (χ4v) is 2.28. The van der Waals surface area contributed by atoms with Crippen molar-refractivity contribution in [3.63, 3.8) is 0 Å². The van der Waals surface area contributed by atoms with Crippen molar-refractivity contribution in [2.24, 2.45) is 0 Å². The van der Waals surface area contributed by atoms with E-state index in [2.05, 4.69) is 4.98 Å². The highest BCUT2D eigenvalue weighted by Gasteiger charge is 2.10. The van der Waals surface area contributed by atoms with Gasteiger partial charge in [0.05, 0.1) is 5.08 Å². The maximum atomic E-state index is 11.3. The fourth-order valence-electron chi connectivity index (χ4n) is 0.879. The van der Waals surface area contributed by atoms with Gasteiger partial charge in [-0.1, -0.05) is 11.8 Å². The number of aryl methyl sites for hydroxylation is 1. The first-order chi connectivity index (χ1) is 6.65. The molecule has 0 aliphatic rings. The van der Waals surface area contributed by atoms with Crippen molar-refractivity contribution in [2.75, 3.05) is 5.08 Å². The molecule has 0 spiro atoms. The zero-order valence-corrected chi connectivity index (χ0v) is 9.48. The van der Waals surface area contributed by atoms with Gasteiger partial charge >= 0.3 is 0 Å². The molecule has 0 fully saturated rings. The molecule has 0 aliphatic heterocycles. The Balaban J connectivity index is 2.81. The molecule has 0 N–H and O–H groups in total. The average molecular weight is 227 g/mol. The number of hydrogen-bond acceptors (Lipinski definition) is 5. The molecular formula is C8H9N3OS2. The number of thioether (sulfide) groups is 2. The molecule has 14 heavy (non-hydrogen) atoms. The van der Waals surface area contributed by atoms with Crippen LogP contribution in [0.25, 0.3) is 0 Å². The molecule has 0 saturated heterocycles. The third-order valence-electron chi connectivity index (χ3n) is 1.54. The van der Waals surface area contributed by atoms with E-state index in [4.69, 9.17) is 5.26 Å². The summed E-state index contributed by atoms with van der Waals surface area (Å²) in [6, 6.07) is 0. The summed E-state index contributed by atoms with van der Waals surface area (Å²) in [5.74, 6) is 0. The molecular weight excluding hydrogens is 218 g/mol. The summed E-state index contributed by atoms with van der Waals surface area (Å²) < 4.78 is 0.807. The summed E-state index contributed by atoms with van der Waals surface area (Å²) in [5.41, 5.74) is 1.27. The summed E-state index contributed by atoms with van der Waals surface area (Å²) >= 11 is 2.55. The van der Waals surface area contributed by atoms with Gasteiger partial charge in [0.25, 0.3) is 0 Å². The van der Waals surface area contributed by atoms with E-state index in [0.29, 0.717) is 21.5 Å². The van der Waals surface area contributed by atoms with Gasteiger partial charge in [-0.2, -0.15) is 9.99 Å². The zero-order chi connectivity index (χ0) is 10.6. The van der Waals surface area contributed by atoms with Crippen molar-refractivity contribution in [1.82, 2.24) is 4.98 Å². The molecule has 0 radical (unpaired) electrons. The topological polar surface area (TPSA) is 63.6 Å². The standard InChI is InChI=1S/C8H9N3OS2/c1-6-3-11(12)7(2)8(10-6)14-5-13-4-9/h3H,5H2,1-2H3. The van der Waals surface area contributed by atoms with E-state index in [1.54, 1.807) is 13.8 Å². The summed E-state index contributed by atoms with van der Waals surface area (Å²) in [6.07, 6.45) is 1.44. The lowest BCUT2D eigenvalue weighted by Gasteiger charge is -2.05. The summed E-state index contributed by atoms with van der Waals surface area (Å²) in [6.45, 7) is 3.49. The Hall–Kier alpha value is -0.930. The smallest absolute Gasteiger partial charge is 0.221 e.